The van der Waals surface area contributed by atoms with E-state index in [1.807, 2.05) is 54.6 Å². The smallest absolute Gasteiger partial charge is 0.260 e. The SMILES string of the molecule is c1ccc(Nc2cc3c4c(c2)Oc2cc5c(cc2B4c2ccccc2O3)B2c3ccccc3N(c3ccccc3)c3cc(Oc4ccccc4)cc(c32)N5c2ccccc2)cc1. The first kappa shape index (κ1) is 34.7. The number of rotatable bonds is 6. The van der Waals surface area contributed by atoms with Crippen molar-refractivity contribution in [1.82, 2.24) is 0 Å². The lowest BCUT2D eigenvalue weighted by molar-refractivity contribution is 0.465. The fourth-order valence-corrected chi connectivity index (χ4v) is 10.0. The van der Waals surface area contributed by atoms with Crippen molar-refractivity contribution < 1.29 is 14.2 Å². The topological polar surface area (TPSA) is 46.2 Å². The Morgan fingerprint density at radius 1 is 0.355 bits per heavy atom. The monoisotopic (exact) mass is 795 g/mol. The Morgan fingerprint density at radius 2 is 0.903 bits per heavy atom. The molecular formula is C54H35B2N3O3. The van der Waals surface area contributed by atoms with Crippen molar-refractivity contribution in [2.24, 2.45) is 0 Å². The Labute approximate surface area is 360 Å². The zero-order chi connectivity index (χ0) is 40.7. The van der Waals surface area contributed by atoms with Gasteiger partial charge in [-0.2, -0.15) is 0 Å². The van der Waals surface area contributed by atoms with Crippen LogP contribution in [0.1, 0.15) is 0 Å². The van der Waals surface area contributed by atoms with Crippen LogP contribution in [0, 0.1) is 0 Å². The van der Waals surface area contributed by atoms with Crippen molar-refractivity contribution in [3.8, 4) is 34.5 Å². The normalized spacial score (nSPS) is 13.3. The second-order valence-electron chi connectivity index (χ2n) is 16.1. The second kappa shape index (κ2) is 13.7. The van der Waals surface area contributed by atoms with Crippen molar-refractivity contribution in [1.29, 1.82) is 0 Å². The molecular weight excluding hydrogens is 760 g/mol. The van der Waals surface area contributed by atoms with E-state index in [2.05, 4.69) is 167 Å². The molecule has 0 saturated heterocycles. The Balaban J connectivity index is 1.08. The first-order valence-corrected chi connectivity index (χ1v) is 21.1. The summed E-state index contributed by atoms with van der Waals surface area (Å²) in [6, 6.07) is 72.2. The average molecular weight is 796 g/mol. The Hall–Kier alpha value is -8.09. The van der Waals surface area contributed by atoms with Gasteiger partial charge in [0.1, 0.15) is 34.5 Å². The van der Waals surface area contributed by atoms with E-state index in [4.69, 9.17) is 14.2 Å². The molecule has 13 rings (SSSR count). The van der Waals surface area contributed by atoms with Gasteiger partial charge in [0, 0.05) is 81.3 Å². The molecule has 9 aromatic carbocycles. The molecule has 0 bridgehead atoms. The molecule has 0 unspecified atom stereocenters. The molecule has 0 atom stereocenters. The number of nitrogens with one attached hydrogen (secondary N) is 1. The van der Waals surface area contributed by atoms with E-state index in [-0.39, 0.29) is 13.4 Å². The largest absolute Gasteiger partial charge is 0.458 e. The highest BCUT2D eigenvalue weighted by Crippen LogP contribution is 2.48. The number of benzene rings is 9. The highest BCUT2D eigenvalue weighted by molar-refractivity contribution is 7.02. The van der Waals surface area contributed by atoms with Gasteiger partial charge in [0.05, 0.1) is 0 Å². The minimum Gasteiger partial charge on any atom is -0.458 e. The lowest BCUT2D eigenvalue weighted by Crippen LogP contribution is -2.63. The maximum atomic E-state index is 7.13. The van der Waals surface area contributed by atoms with E-state index in [1.54, 1.807) is 0 Å². The summed E-state index contributed by atoms with van der Waals surface area (Å²) in [5.41, 5.74) is 15.2. The second-order valence-corrected chi connectivity index (χ2v) is 16.1. The van der Waals surface area contributed by atoms with Gasteiger partial charge in [-0.3, -0.25) is 0 Å². The third-order valence-corrected chi connectivity index (χ3v) is 12.5. The molecule has 62 heavy (non-hydrogen) atoms. The van der Waals surface area contributed by atoms with Crippen LogP contribution >= 0.6 is 0 Å². The molecule has 0 amide bonds. The Kier molecular flexibility index (Phi) is 7.69. The van der Waals surface area contributed by atoms with Gasteiger partial charge in [0.15, 0.2) is 0 Å². The van der Waals surface area contributed by atoms with Gasteiger partial charge >= 0.3 is 0 Å². The number of fused-ring (bicyclic) bond motifs is 8. The van der Waals surface area contributed by atoms with Crippen molar-refractivity contribution in [3.05, 3.63) is 206 Å². The quantitative estimate of drug-likeness (QED) is 0.169. The third kappa shape index (κ3) is 5.40. The van der Waals surface area contributed by atoms with Crippen molar-refractivity contribution in [2.75, 3.05) is 15.1 Å². The van der Waals surface area contributed by atoms with Crippen LogP contribution in [0.15, 0.2) is 206 Å². The number of anilines is 8. The van der Waals surface area contributed by atoms with E-state index in [9.17, 15) is 0 Å². The molecule has 0 radical (unpaired) electrons. The molecule has 0 saturated carbocycles. The summed E-state index contributed by atoms with van der Waals surface area (Å²) in [7, 11) is 0. The number of hydrogen-bond donors (Lipinski definition) is 1. The number of hydrogen-bond acceptors (Lipinski definition) is 6. The molecule has 6 nitrogen and oxygen atoms in total. The molecule has 0 aromatic heterocycles. The first-order valence-electron chi connectivity index (χ1n) is 21.1. The van der Waals surface area contributed by atoms with E-state index >= 15 is 0 Å². The molecule has 4 aliphatic rings. The predicted octanol–water partition coefficient (Wildman–Crippen LogP) is 10.0. The van der Waals surface area contributed by atoms with Crippen LogP contribution in [0.5, 0.6) is 34.5 Å². The van der Waals surface area contributed by atoms with Crippen LogP contribution in [0.2, 0.25) is 0 Å². The molecule has 290 valence electrons. The van der Waals surface area contributed by atoms with E-state index in [0.717, 1.165) is 96.4 Å². The number of ether oxygens (including phenoxy) is 3. The lowest BCUT2D eigenvalue weighted by Gasteiger charge is -2.45. The summed E-state index contributed by atoms with van der Waals surface area (Å²) >= 11 is 0. The van der Waals surface area contributed by atoms with Crippen LogP contribution in [-0.4, -0.2) is 13.4 Å². The van der Waals surface area contributed by atoms with Gasteiger partial charge in [0.25, 0.3) is 13.4 Å². The summed E-state index contributed by atoms with van der Waals surface area (Å²) in [6.07, 6.45) is 0. The number of nitrogens with zero attached hydrogens (tertiary/aromatic N) is 2. The highest BCUT2D eigenvalue weighted by atomic mass is 16.5. The number of para-hydroxylation sites is 6. The summed E-state index contributed by atoms with van der Waals surface area (Å²) < 4.78 is 20.6. The molecule has 0 spiro atoms. The van der Waals surface area contributed by atoms with Crippen molar-refractivity contribution >= 4 is 91.7 Å². The van der Waals surface area contributed by atoms with Crippen LogP contribution in [0.3, 0.4) is 0 Å². The maximum absolute atomic E-state index is 7.13. The predicted molar refractivity (Wildman–Crippen MR) is 254 cm³/mol. The third-order valence-electron chi connectivity index (χ3n) is 12.5. The van der Waals surface area contributed by atoms with Gasteiger partial charge in [-0.1, -0.05) is 115 Å². The molecule has 0 aliphatic carbocycles. The summed E-state index contributed by atoms with van der Waals surface area (Å²) in [4.78, 5) is 4.80. The summed E-state index contributed by atoms with van der Waals surface area (Å²) in [6.45, 7) is -0.215. The molecule has 4 aliphatic heterocycles. The van der Waals surface area contributed by atoms with Gasteiger partial charge in [-0.15, -0.1) is 0 Å². The van der Waals surface area contributed by atoms with E-state index in [1.165, 1.54) is 16.4 Å². The molecule has 4 heterocycles. The summed E-state index contributed by atoms with van der Waals surface area (Å²) in [5, 5.41) is 3.59. The van der Waals surface area contributed by atoms with Crippen LogP contribution in [-0.2, 0) is 0 Å². The standard InChI is InChI=1S/C54H35B2N3O3/c1-5-17-35(18-6-1)57-36-29-51-54-52(30-36)62-50-34-46-43(33-44(50)56(54)42-26-14-16-28-49(42)61-51)55-41-25-13-15-27-45(41)58(37-19-7-2-8-20-37)47-31-40(60-39-23-11-4-12-24-39)32-48(53(47)55)59(46)38-21-9-3-10-22-38/h1-34,57H. The Morgan fingerprint density at radius 3 is 1.60 bits per heavy atom. The average Bonchev–Trinajstić information content (AvgIpc) is 3.32. The first-order chi connectivity index (χ1) is 30.7. The summed E-state index contributed by atoms with van der Waals surface area (Å²) in [5.74, 6) is 4.76. The van der Waals surface area contributed by atoms with Crippen LogP contribution in [0.25, 0.3) is 0 Å². The van der Waals surface area contributed by atoms with Crippen molar-refractivity contribution in [2.45, 2.75) is 0 Å². The van der Waals surface area contributed by atoms with Gasteiger partial charge in [0.2, 0.25) is 0 Å². The fraction of sp³-hybridized carbons (Fsp3) is 0. The van der Waals surface area contributed by atoms with Crippen molar-refractivity contribution in [3.63, 3.8) is 0 Å². The molecule has 9 aromatic rings. The Bertz CT molecular complexity index is 3220. The molecule has 1 N–H and O–H groups in total. The fourth-order valence-electron chi connectivity index (χ4n) is 10.0. The maximum Gasteiger partial charge on any atom is 0.260 e. The zero-order valence-corrected chi connectivity index (χ0v) is 33.4. The highest BCUT2D eigenvalue weighted by Gasteiger charge is 2.47. The van der Waals surface area contributed by atoms with E-state index < -0.39 is 0 Å². The lowest BCUT2D eigenvalue weighted by atomic mass is 9.31. The van der Waals surface area contributed by atoms with Crippen LogP contribution in [0.4, 0.5) is 45.5 Å². The van der Waals surface area contributed by atoms with Crippen LogP contribution < -0.4 is 62.1 Å². The van der Waals surface area contributed by atoms with Gasteiger partial charge in [-0.05, 0) is 88.0 Å². The van der Waals surface area contributed by atoms with Gasteiger partial charge in [-0.25, -0.2) is 0 Å². The molecule has 8 heteroatoms. The minimum atomic E-state index is -0.114. The van der Waals surface area contributed by atoms with Gasteiger partial charge < -0.3 is 29.3 Å². The molecule has 0 fully saturated rings. The van der Waals surface area contributed by atoms with E-state index in [0.29, 0.717) is 0 Å². The zero-order valence-electron chi connectivity index (χ0n) is 33.4. The minimum absolute atomic E-state index is 0.101.